The van der Waals surface area contributed by atoms with E-state index in [1.165, 1.54) is 0 Å². The van der Waals surface area contributed by atoms with E-state index in [1.807, 2.05) is 6.92 Å². The average molecular weight is 304 g/mol. The number of nitrogens with one attached hydrogen (secondary N) is 2. The van der Waals surface area contributed by atoms with Gasteiger partial charge in [-0.25, -0.2) is 9.59 Å². The summed E-state index contributed by atoms with van der Waals surface area (Å²) < 4.78 is 4.87. The summed E-state index contributed by atoms with van der Waals surface area (Å²) in [5.41, 5.74) is 1.40. The Morgan fingerprint density at radius 2 is 1.77 bits per heavy atom. The highest BCUT2D eigenvalue weighted by Gasteiger charge is 2.18. The van der Waals surface area contributed by atoms with Crippen molar-refractivity contribution in [2.45, 2.75) is 38.6 Å². The van der Waals surface area contributed by atoms with Crippen LogP contribution in [0.15, 0.2) is 24.3 Å². The fourth-order valence-corrected chi connectivity index (χ4v) is 2.36. The number of aryl methyl sites for hydroxylation is 1. The van der Waals surface area contributed by atoms with Crippen LogP contribution in [0.25, 0.3) is 0 Å². The first-order chi connectivity index (χ1) is 10.5. The van der Waals surface area contributed by atoms with Gasteiger partial charge in [0, 0.05) is 6.04 Å². The summed E-state index contributed by atoms with van der Waals surface area (Å²) in [5, 5.41) is 4.88. The van der Waals surface area contributed by atoms with Crippen LogP contribution in [0.1, 0.15) is 41.6 Å². The molecular weight excluding hydrogens is 284 g/mol. The van der Waals surface area contributed by atoms with Crippen LogP contribution >= 0.6 is 0 Å². The number of amides is 3. The normalized spacial score (nSPS) is 14.4. The van der Waals surface area contributed by atoms with Gasteiger partial charge in [0.2, 0.25) is 0 Å². The van der Waals surface area contributed by atoms with E-state index in [-0.39, 0.29) is 6.04 Å². The van der Waals surface area contributed by atoms with Crippen LogP contribution in [0, 0.1) is 6.92 Å². The predicted molar refractivity (Wildman–Crippen MR) is 80.4 cm³/mol. The topological polar surface area (TPSA) is 84.5 Å². The Morgan fingerprint density at radius 3 is 2.41 bits per heavy atom. The van der Waals surface area contributed by atoms with Crippen LogP contribution < -0.4 is 10.6 Å². The zero-order valence-corrected chi connectivity index (χ0v) is 12.6. The SMILES string of the molecule is Cc1ccc(C(=O)OCC(=O)NC(=O)NC2CCCC2)cc1. The molecule has 0 aliphatic heterocycles. The predicted octanol–water partition coefficient (Wildman–Crippen LogP) is 1.92. The Labute approximate surface area is 129 Å². The van der Waals surface area contributed by atoms with Crippen molar-refractivity contribution in [1.82, 2.24) is 10.6 Å². The largest absolute Gasteiger partial charge is 0.452 e. The maximum Gasteiger partial charge on any atom is 0.338 e. The minimum absolute atomic E-state index is 0.128. The molecule has 3 amide bonds. The summed E-state index contributed by atoms with van der Waals surface area (Å²) in [6, 6.07) is 6.41. The number of carbonyl (C=O) groups is 3. The number of ether oxygens (including phenoxy) is 1. The molecule has 22 heavy (non-hydrogen) atoms. The molecule has 0 radical (unpaired) electrons. The second kappa shape index (κ2) is 7.59. The molecule has 0 saturated heterocycles. The van der Waals surface area contributed by atoms with Crippen LogP contribution in [0.2, 0.25) is 0 Å². The third-order valence-electron chi connectivity index (χ3n) is 3.56. The first kappa shape index (κ1) is 16.0. The van der Waals surface area contributed by atoms with Gasteiger partial charge in [0.15, 0.2) is 6.61 Å². The molecule has 0 bridgehead atoms. The lowest BCUT2D eigenvalue weighted by atomic mass is 10.1. The highest BCUT2D eigenvalue weighted by atomic mass is 16.5. The van der Waals surface area contributed by atoms with Crippen molar-refractivity contribution in [3.05, 3.63) is 35.4 Å². The van der Waals surface area contributed by atoms with Crippen molar-refractivity contribution in [3.63, 3.8) is 0 Å². The molecule has 1 aliphatic carbocycles. The van der Waals surface area contributed by atoms with E-state index in [0.29, 0.717) is 5.56 Å². The first-order valence-corrected chi connectivity index (χ1v) is 7.39. The lowest BCUT2D eigenvalue weighted by molar-refractivity contribution is -0.123. The molecular formula is C16H20N2O4. The number of esters is 1. The molecule has 6 heteroatoms. The summed E-state index contributed by atoms with van der Waals surface area (Å²) in [5.74, 6) is -1.23. The van der Waals surface area contributed by atoms with Gasteiger partial charge in [0.25, 0.3) is 5.91 Å². The van der Waals surface area contributed by atoms with Crippen LogP contribution in [0.5, 0.6) is 0 Å². The van der Waals surface area contributed by atoms with Gasteiger partial charge in [0.1, 0.15) is 0 Å². The van der Waals surface area contributed by atoms with Gasteiger partial charge in [-0.3, -0.25) is 10.1 Å². The zero-order chi connectivity index (χ0) is 15.9. The number of benzene rings is 1. The van der Waals surface area contributed by atoms with E-state index < -0.39 is 24.5 Å². The zero-order valence-electron chi connectivity index (χ0n) is 12.6. The van der Waals surface area contributed by atoms with Gasteiger partial charge >= 0.3 is 12.0 Å². The molecule has 0 atom stereocenters. The quantitative estimate of drug-likeness (QED) is 0.832. The second-order valence-electron chi connectivity index (χ2n) is 5.45. The minimum Gasteiger partial charge on any atom is -0.452 e. The summed E-state index contributed by atoms with van der Waals surface area (Å²) in [4.78, 5) is 34.9. The van der Waals surface area contributed by atoms with E-state index in [4.69, 9.17) is 4.74 Å². The summed E-state index contributed by atoms with van der Waals surface area (Å²) in [6.07, 6.45) is 4.05. The van der Waals surface area contributed by atoms with Crippen molar-refractivity contribution in [3.8, 4) is 0 Å². The van der Waals surface area contributed by atoms with Gasteiger partial charge in [-0.15, -0.1) is 0 Å². The number of urea groups is 1. The number of hydrogen-bond donors (Lipinski definition) is 2. The third-order valence-corrected chi connectivity index (χ3v) is 3.56. The van der Waals surface area contributed by atoms with E-state index in [1.54, 1.807) is 24.3 Å². The van der Waals surface area contributed by atoms with Gasteiger partial charge in [0.05, 0.1) is 5.56 Å². The van der Waals surface area contributed by atoms with Crippen LogP contribution in [0.4, 0.5) is 4.79 Å². The summed E-state index contributed by atoms with van der Waals surface area (Å²) in [7, 11) is 0. The molecule has 0 spiro atoms. The van der Waals surface area contributed by atoms with Crippen molar-refractivity contribution in [2.75, 3.05) is 6.61 Å². The molecule has 1 aliphatic rings. The molecule has 0 aromatic heterocycles. The van der Waals surface area contributed by atoms with Crippen molar-refractivity contribution in [2.24, 2.45) is 0 Å². The Hall–Kier alpha value is -2.37. The van der Waals surface area contributed by atoms with Gasteiger partial charge in [-0.1, -0.05) is 30.5 Å². The molecule has 0 unspecified atom stereocenters. The fraction of sp³-hybridized carbons (Fsp3) is 0.438. The smallest absolute Gasteiger partial charge is 0.338 e. The molecule has 118 valence electrons. The Kier molecular flexibility index (Phi) is 5.52. The number of carbonyl (C=O) groups excluding carboxylic acids is 3. The lowest BCUT2D eigenvalue weighted by Gasteiger charge is -2.12. The first-order valence-electron chi connectivity index (χ1n) is 7.39. The summed E-state index contributed by atoms with van der Waals surface area (Å²) >= 11 is 0. The fourth-order valence-electron chi connectivity index (χ4n) is 2.36. The van der Waals surface area contributed by atoms with Crippen LogP contribution in [0.3, 0.4) is 0 Å². The van der Waals surface area contributed by atoms with Crippen LogP contribution in [-0.2, 0) is 9.53 Å². The lowest BCUT2D eigenvalue weighted by Crippen LogP contribution is -2.44. The van der Waals surface area contributed by atoms with Gasteiger partial charge in [-0.05, 0) is 31.9 Å². The third kappa shape index (κ3) is 4.87. The van der Waals surface area contributed by atoms with Crippen LogP contribution in [-0.4, -0.2) is 30.6 Å². The standard InChI is InChI=1S/C16H20N2O4/c1-11-6-8-12(9-7-11)15(20)22-10-14(19)18-16(21)17-13-4-2-3-5-13/h6-9,13H,2-5,10H2,1H3,(H2,17,18,19,21). The van der Waals surface area contributed by atoms with Crippen molar-refractivity contribution >= 4 is 17.9 Å². The molecule has 1 fully saturated rings. The van der Waals surface area contributed by atoms with E-state index in [2.05, 4.69) is 10.6 Å². The Morgan fingerprint density at radius 1 is 1.14 bits per heavy atom. The van der Waals surface area contributed by atoms with E-state index >= 15 is 0 Å². The minimum atomic E-state index is -0.643. The monoisotopic (exact) mass is 304 g/mol. The Bertz CT molecular complexity index is 548. The highest BCUT2D eigenvalue weighted by molar-refractivity contribution is 5.97. The number of rotatable bonds is 4. The maximum absolute atomic E-state index is 11.7. The van der Waals surface area contributed by atoms with E-state index in [0.717, 1.165) is 31.2 Å². The van der Waals surface area contributed by atoms with Gasteiger partial charge < -0.3 is 10.1 Å². The molecule has 2 N–H and O–H groups in total. The molecule has 0 heterocycles. The van der Waals surface area contributed by atoms with Crippen molar-refractivity contribution < 1.29 is 19.1 Å². The van der Waals surface area contributed by atoms with Crippen molar-refractivity contribution in [1.29, 1.82) is 0 Å². The molecule has 2 rings (SSSR count). The van der Waals surface area contributed by atoms with E-state index in [9.17, 15) is 14.4 Å². The number of hydrogen-bond acceptors (Lipinski definition) is 4. The molecule has 1 aromatic rings. The molecule has 1 saturated carbocycles. The second-order valence-corrected chi connectivity index (χ2v) is 5.45. The van der Waals surface area contributed by atoms with Gasteiger partial charge in [-0.2, -0.15) is 0 Å². The number of imide groups is 1. The Balaban J connectivity index is 1.71. The molecule has 6 nitrogen and oxygen atoms in total. The average Bonchev–Trinajstić information content (AvgIpc) is 2.98. The maximum atomic E-state index is 11.7. The molecule has 1 aromatic carbocycles. The highest BCUT2D eigenvalue weighted by Crippen LogP contribution is 2.17. The summed E-state index contributed by atoms with van der Waals surface area (Å²) in [6.45, 7) is 1.43.